The molecular formula is C22H35N5O6S. The minimum absolute atomic E-state index is 0.00431. The Hall–Kier alpha value is -2.15. The van der Waals surface area contributed by atoms with Crippen LogP contribution in [0.1, 0.15) is 20.3 Å². The van der Waals surface area contributed by atoms with E-state index in [9.17, 15) is 24.3 Å². The van der Waals surface area contributed by atoms with Crippen LogP contribution in [-0.4, -0.2) is 109 Å². The van der Waals surface area contributed by atoms with Crippen LogP contribution in [-0.2, 0) is 23.9 Å². The number of thioether (sulfide) groups is 1. The highest BCUT2D eigenvalue weighted by molar-refractivity contribution is 8.03. The summed E-state index contributed by atoms with van der Waals surface area (Å²) in [6.45, 7) is 5.44. The van der Waals surface area contributed by atoms with Crippen molar-refractivity contribution < 1.29 is 29.0 Å². The predicted octanol–water partition coefficient (Wildman–Crippen LogP) is -0.948. The zero-order chi connectivity index (χ0) is 25.2. The van der Waals surface area contributed by atoms with Gasteiger partial charge in [0.2, 0.25) is 17.7 Å². The van der Waals surface area contributed by atoms with Gasteiger partial charge >= 0.3 is 5.97 Å². The van der Waals surface area contributed by atoms with Gasteiger partial charge in [0.05, 0.1) is 31.2 Å². The van der Waals surface area contributed by atoms with E-state index >= 15 is 0 Å². The molecule has 3 heterocycles. The van der Waals surface area contributed by atoms with Crippen molar-refractivity contribution in [3.05, 3.63) is 10.6 Å². The second-order valence-electron chi connectivity index (χ2n) is 9.23. The molecule has 3 amide bonds. The average Bonchev–Trinajstić information content (AvgIpc) is 3.32. The van der Waals surface area contributed by atoms with Crippen LogP contribution in [0.15, 0.2) is 10.6 Å². The third-order valence-electron chi connectivity index (χ3n) is 6.61. The number of hydrogen-bond acceptors (Lipinski definition) is 8. The fraction of sp³-hybridized carbons (Fsp3) is 0.727. The molecule has 2 fully saturated rings. The predicted molar refractivity (Wildman–Crippen MR) is 127 cm³/mol. The first-order chi connectivity index (χ1) is 16.1. The topological polar surface area (TPSA) is 140 Å². The smallest absolute Gasteiger partial charge is 0.353 e. The van der Waals surface area contributed by atoms with Crippen LogP contribution in [0.25, 0.3) is 0 Å². The molecule has 0 aliphatic carbocycles. The number of nitrogens with one attached hydrogen (secondary N) is 3. The second kappa shape index (κ2) is 11.1. The van der Waals surface area contributed by atoms with Crippen LogP contribution >= 0.6 is 11.8 Å². The van der Waals surface area contributed by atoms with E-state index in [1.54, 1.807) is 33.0 Å². The molecule has 3 aliphatic heterocycles. The number of fused-ring (bicyclic) bond motifs is 1. The monoisotopic (exact) mass is 497 g/mol. The molecule has 12 heteroatoms. The molecule has 0 unspecified atom stereocenters. The zero-order valence-corrected chi connectivity index (χ0v) is 21.1. The van der Waals surface area contributed by atoms with Gasteiger partial charge in [-0.25, -0.2) is 4.79 Å². The number of carbonyl (C=O) groups is 4. The SMILES string of the molecule is COCCNCC(=O)N[C@H](C)[C@H]1C(=O)N2C(C(=O)O)=C(S[C@@H]3CN[C@H](C(=O)N(C)C)C3)[C@H](C)[C@H]12. The number of likely N-dealkylation sites (N-methyl/N-ethyl adjacent to an activating group) is 1. The van der Waals surface area contributed by atoms with Crippen molar-refractivity contribution in [1.29, 1.82) is 0 Å². The lowest BCUT2D eigenvalue weighted by Gasteiger charge is -2.47. The molecule has 3 rings (SSSR count). The Balaban J connectivity index is 1.65. The van der Waals surface area contributed by atoms with E-state index in [1.165, 1.54) is 16.7 Å². The van der Waals surface area contributed by atoms with E-state index in [1.807, 2.05) is 6.92 Å². The first-order valence-corrected chi connectivity index (χ1v) is 12.4. The number of amides is 3. The number of aliphatic carboxylic acids is 1. The Morgan fingerprint density at radius 2 is 2.06 bits per heavy atom. The Morgan fingerprint density at radius 3 is 2.68 bits per heavy atom. The summed E-state index contributed by atoms with van der Waals surface area (Å²) in [5.41, 5.74) is 0.0332. The molecule has 0 radical (unpaired) electrons. The molecule has 0 spiro atoms. The summed E-state index contributed by atoms with van der Waals surface area (Å²) in [5, 5.41) is 19.0. The van der Waals surface area contributed by atoms with Crippen molar-refractivity contribution >= 4 is 35.5 Å². The first kappa shape index (κ1) is 26.5. The molecule has 11 nitrogen and oxygen atoms in total. The third kappa shape index (κ3) is 5.24. The number of ether oxygens (including phenoxy) is 1. The summed E-state index contributed by atoms with van der Waals surface area (Å²) in [6, 6.07) is -1.04. The Kier molecular flexibility index (Phi) is 8.61. The van der Waals surface area contributed by atoms with Crippen molar-refractivity contribution in [2.24, 2.45) is 11.8 Å². The largest absolute Gasteiger partial charge is 0.477 e. The quantitative estimate of drug-likeness (QED) is 0.210. The maximum absolute atomic E-state index is 13.0. The minimum atomic E-state index is -1.13. The Bertz CT molecular complexity index is 865. The number of hydrogen-bond donors (Lipinski definition) is 4. The van der Waals surface area contributed by atoms with Crippen molar-refractivity contribution in [2.45, 2.75) is 43.6 Å². The van der Waals surface area contributed by atoms with Crippen molar-refractivity contribution in [2.75, 3.05) is 47.4 Å². The van der Waals surface area contributed by atoms with Gasteiger partial charge in [-0.15, -0.1) is 11.8 Å². The highest BCUT2D eigenvalue weighted by Gasteiger charge is 2.60. The van der Waals surface area contributed by atoms with Crippen LogP contribution in [0.3, 0.4) is 0 Å². The molecule has 4 N–H and O–H groups in total. The molecule has 0 bridgehead atoms. The van der Waals surface area contributed by atoms with E-state index in [0.29, 0.717) is 31.0 Å². The van der Waals surface area contributed by atoms with Gasteiger partial charge in [0.1, 0.15) is 5.70 Å². The molecule has 2 saturated heterocycles. The molecule has 0 saturated carbocycles. The van der Waals surface area contributed by atoms with Gasteiger partial charge in [-0.1, -0.05) is 6.92 Å². The number of carboxylic acid groups (broad SMARTS) is 1. The van der Waals surface area contributed by atoms with Crippen LogP contribution in [0, 0.1) is 11.8 Å². The molecule has 190 valence electrons. The maximum Gasteiger partial charge on any atom is 0.353 e. The van der Waals surface area contributed by atoms with E-state index in [2.05, 4.69) is 16.0 Å². The lowest BCUT2D eigenvalue weighted by atomic mass is 9.78. The van der Waals surface area contributed by atoms with Gasteiger partial charge in [0.15, 0.2) is 0 Å². The van der Waals surface area contributed by atoms with Crippen LogP contribution < -0.4 is 16.0 Å². The molecule has 0 aromatic carbocycles. The molecular weight excluding hydrogens is 462 g/mol. The van der Waals surface area contributed by atoms with Crippen LogP contribution in [0.4, 0.5) is 0 Å². The molecule has 0 aromatic heterocycles. The van der Waals surface area contributed by atoms with Gasteiger partial charge in [-0.2, -0.15) is 0 Å². The minimum Gasteiger partial charge on any atom is -0.477 e. The Labute approximate surface area is 204 Å². The van der Waals surface area contributed by atoms with Gasteiger partial charge in [-0.3, -0.25) is 14.4 Å². The maximum atomic E-state index is 13.0. The summed E-state index contributed by atoms with van der Waals surface area (Å²) in [5.74, 6) is -2.31. The summed E-state index contributed by atoms with van der Waals surface area (Å²) in [4.78, 5) is 53.2. The van der Waals surface area contributed by atoms with Crippen molar-refractivity contribution in [3.8, 4) is 0 Å². The Morgan fingerprint density at radius 1 is 1.35 bits per heavy atom. The number of carboxylic acids is 1. The van der Waals surface area contributed by atoms with Crippen LogP contribution in [0.5, 0.6) is 0 Å². The fourth-order valence-electron chi connectivity index (χ4n) is 4.94. The second-order valence-corrected chi connectivity index (χ2v) is 10.6. The highest BCUT2D eigenvalue weighted by Crippen LogP contribution is 2.51. The van der Waals surface area contributed by atoms with E-state index in [-0.39, 0.29) is 53.2 Å². The number of nitrogens with zero attached hydrogens (tertiary/aromatic N) is 2. The van der Waals surface area contributed by atoms with E-state index in [0.717, 1.165) is 0 Å². The summed E-state index contributed by atoms with van der Waals surface area (Å²) in [6.07, 6.45) is 0.593. The first-order valence-electron chi connectivity index (χ1n) is 11.5. The number of β-lactam (4-membered cyclic amide) rings is 1. The van der Waals surface area contributed by atoms with Gasteiger partial charge in [0, 0.05) is 56.4 Å². The number of carbonyl (C=O) groups excluding carboxylic acids is 3. The molecule has 0 aromatic rings. The van der Waals surface area contributed by atoms with Crippen molar-refractivity contribution in [1.82, 2.24) is 25.8 Å². The van der Waals surface area contributed by atoms with Gasteiger partial charge in [0.25, 0.3) is 0 Å². The lowest BCUT2D eigenvalue weighted by Crippen LogP contribution is -2.66. The summed E-state index contributed by atoms with van der Waals surface area (Å²) in [7, 11) is 5.00. The lowest BCUT2D eigenvalue weighted by molar-refractivity contribution is -0.158. The zero-order valence-electron chi connectivity index (χ0n) is 20.3. The average molecular weight is 498 g/mol. The number of rotatable bonds is 11. The van der Waals surface area contributed by atoms with E-state index in [4.69, 9.17) is 4.74 Å². The molecule has 3 aliphatic rings. The molecule has 34 heavy (non-hydrogen) atoms. The van der Waals surface area contributed by atoms with Crippen molar-refractivity contribution in [3.63, 3.8) is 0 Å². The molecule has 6 atom stereocenters. The number of methoxy groups -OCH3 is 1. The normalized spacial score (nSPS) is 29.0. The highest BCUT2D eigenvalue weighted by atomic mass is 32.2. The standard InChI is InChI=1S/C22H35N5O6S/c1-11-17-16(12(2)25-15(28)10-23-6-7-33-5)21(30)27(17)18(22(31)32)19(11)34-13-8-14(24-9-13)20(29)26(3)4/h11-14,16-17,23-24H,6-10H2,1-5H3,(H,25,28)(H,31,32)/t11-,12-,13+,14+,16-,17-/m1/s1. The van der Waals surface area contributed by atoms with Gasteiger partial charge < -0.3 is 35.6 Å². The summed E-state index contributed by atoms with van der Waals surface area (Å²) >= 11 is 1.45. The third-order valence-corrected chi connectivity index (χ3v) is 8.12. The summed E-state index contributed by atoms with van der Waals surface area (Å²) < 4.78 is 4.94. The van der Waals surface area contributed by atoms with Crippen LogP contribution in [0.2, 0.25) is 0 Å². The fourth-order valence-corrected chi connectivity index (χ4v) is 6.42. The van der Waals surface area contributed by atoms with E-state index < -0.39 is 17.9 Å². The van der Waals surface area contributed by atoms with Gasteiger partial charge in [-0.05, 0) is 13.3 Å².